The first kappa shape index (κ1) is 29.8. The Morgan fingerprint density at radius 1 is 0.875 bits per heavy atom. The molecule has 0 radical (unpaired) electrons. The maximum Gasteiger partial charge on any atom is 0.326 e. The Labute approximate surface area is 196 Å². The number of nitrogens with one attached hydrogen (secondary N) is 3. The Hall–Kier alpha value is -2.19. The van der Waals surface area contributed by atoms with Crippen molar-refractivity contribution in [2.24, 2.45) is 22.2 Å². The predicted octanol–water partition coefficient (Wildman–Crippen LogP) is -1.96. The molecule has 12 nitrogen and oxygen atoms in total. The smallest absolute Gasteiger partial charge is 0.326 e. The first-order chi connectivity index (χ1) is 15.2. The van der Waals surface area contributed by atoms with Crippen LogP contribution in [0.15, 0.2) is 4.99 Å². The summed E-state index contributed by atoms with van der Waals surface area (Å²) < 4.78 is 0. The molecular formula is C18H35N7O5S2. The van der Waals surface area contributed by atoms with E-state index in [1.54, 1.807) is 0 Å². The monoisotopic (exact) mass is 493 g/mol. The molecule has 0 rings (SSSR count). The Morgan fingerprint density at radius 3 is 1.84 bits per heavy atom. The molecule has 3 atom stereocenters. The van der Waals surface area contributed by atoms with Gasteiger partial charge >= 0.3 is 5.97 Å². The van der Waals surface area contributed by atoms with E-state index in [-0.39, 0.29) is 31.9 Å². The quantitative estimate of drug-likeness (QED) is 0.0674. The van der Waals surface area contributed by atoms with Crippen LogP contribution >= 0.6 is 23.5 Å². The average Bonchev–Trinajstić information content (AvgIpc) is 2.74. The zero-order valence-corrected chi connectivity index (χ0v) is 20.1. The van der Waals surface area contributed by atoms with Gasteiger partial charge in [-0.3, -0.25) is 19.4 Å². The van der Waals surface area contributed by atoms with E-state index in [2.05, 4.69) is 20.9 Å². The molecule has 0 aliphatic rings. The molecule has 0 aromatic heterocycles. The molecule has 0 bridgehead atoms. The highest BCUT2D eigenvalue weighted by molar-refractivity contribution is 7.98. The lowest BCUT2D eigenvalue weighted by Gasteiger charge is -2.24. The molecule has 0 aliphatic heterocycles. The van der Waals surface area contributed by atoms with Crippen molar-refractivity contribution in [3.63, 3.8) is 0 Å². The Kier molecular flexibility index (Phi) is 16.2. The van der Waals surface area contributed by atoms with Crippen LogP contribution in [0.4, 0.5) is 0 Å². The maximum atomic E-state index is 12.8. The molecule has 184 valence electrons. The lowest BCUT2D eigenvalue weighted by Crippen LogP contribution is -2.56. The summed E-state index contributed by atoms with van der Waals surface area (Å²) in [6.45, 7) is -0.0411. The van der Waals surface area contributed by atoms with Gasteiger partial charge in [-0.1, -0.05) is 0 Å². The van der Waals surface area contributed by atoms with Crippen LogP contribution in [0.3, 0.4) is 0 Å². The highest BCUT2D eigenvalue weighted by Gasteiger charge is 2.29. The first-order valence-electron chi connectivity index (χ1n) is 10.0. The van der Waals surface area contributed by atoms with E-state index in [1.165, 1.54) is 23.5 Å². The number of aliphatic carboxylic acids is 1. The fourth-order valence-corrected chi connectivity index (χ4v) is 3.51. The fraction of sp³-hybridized carbons (Fsp3) is 0.722. The summed E-state index contributed by atoms with van der Waals surface area (Å²) >= 11 is 2.95. The van der Waals surface area contributed by atoms with E-state index in [0.29, 0.717) is 24.3 Å². The minimum absolute atomic E-state index is 0.0831. The molecule has 0 heterocycles. The number of nitrogens with zero attached hydrogens (tertiary/aromatic N) is 1. The number of aliphatic imine (C=N–C) groups is 1. The van der Waals surface area contributed by atoms with Crippen LogP contribution < -0.4 is 33.2 Å². The SMILES string of the molecule is CSCCC(NC(=O)C(CCSC)NC(=O)C(CCCN=C(N)N)NC(=O)CN)C(=O)O. The van der Waals surface area contributed by atoms with Crippen molar-refractivity contribution in [2.45, 2.75) is 43.8 Å². The number of hydrogen-bond donors (Lipinski definition) is 7. The number of carbonyl (C=O) groups is 4. The number of thioether (sulfide) groups is 2. The van der Waals surface area contributed by atoms with Gasteiger partial charge in [-0.2, -0.15) is 23.5 Å². The van der Waals surface area contributed by atoms with Crippen LogP contribution in [-0.4, -0.2) is 90.0 Å². The van der Waals surface area contributed by atoms with Crippen molar-refractivity contribution in [3.8, 4) is 0 Å². The summed E-state index contributed by atoms with van der Waals surface area (Å²) in [5.74, 6) is -1.80. The number of guanidine groups is 1. The summed E-state index contributed by atoms with van der Waals surface area (Å²) in [5, 5.41) is 17.0. The molecular weight excluding hydrogens is 458 g/mol. The van der Waals surface area contributed by atoms with Crippen molar-refractivity contribution in [1.29, 1.82) is 0 Å². The second-order valence-corrected chi connectivity index (χ2v) is 8.77. The Morgan fingerprint density at radius 2 is 1.38 bits per heavy atom. The third kappa shape index (κ3) is 13.3. The number of carboxylic acids is 1. The van der Waals surface area contributed by atoms with Crippen LogP contribution in [0.25, 0.3) is 0 Å². The van der Waals surface area contributed by atoms with Crippen LogP contribution in [0.1, 0.15) is 25.7 Å². The number of amides is 3. The molecule has 32 heavy (non-hydrogen) atoms. The largest absolute Gasteiger partial charge is 0.480 e. The second-order valence-electron chi connectivity index (χ2n) is 6.80. The lowest BCUT2D eigenvalue weighted by atomic mass is 10.1. The van der Waals surface area contributed by atoms with Crippen molar-refractivity contribution in [3.05, 3.63) is 0 Å². The van der Waals surface area contributed by atoms with Crippen LogP contribution in [0.2, 0.25) is 0 Å². The van der Waals surface area contributed by atoms with Gasteiger partial charge in [-0.15, -0.1) is 0 Å². The summed E-state index contributed by atoms with van der Waals surface area (Å²) in [6, 6.07) is -2.96. The van der Waals surface area contributed by atoms with Gasteiger partial charge in [0.25, 0.3) is 0 Å². The van der Waals surface area contributed by atoms with Gasteiger partial charge in [0, 0.05) is 6.54 Å². The Balaban J connectivity index is 5.29. The molecule has 0 aliphatic carbocycles. The van der Waals surface area contributed by atoms with E-state index >= 15 is 0 Å². The molecule has 0 saturated carbocycles. The highest BCUT2D eigenvalue weighted by atomic mass is 32.2. The number of nitrogens with two attached hydrogens (primary N) is 3. The van der Waals surface area contributed by atoms with E-state index in [9.17, 15) is 24.3 Å². The summed E-state index contributed by atoms with van der Waals surface area (Å²) in [7, 11) is 0. The van der Waals surface area contributed by atoms with Gasteiger partial charge in [0.1, 0.15) is 18.1 Å². The topological polar surface area (TPSA) is 215 Å². The van der Waals surface area contributed by atoms with E-state index in [1.807, 2.05) is 12.5 Å². The lowest BCUT2D eigenvalue weighted by molar-refractivity contribution is -0.142. The number of carbonyl (C=O) groups excluding carboxylic acids is 3. The van der Waals surface area contributed by atoms with Gasteiger partial charge in [-0.25, -0.2) is 4.79 Å². The first-order valence-corrected chi connectivity index (χ1v) is 12.8. The third-order valence-electron chi connectivity index (χ3n) is 4.25. The molecule has 10 N–H and O–H groups in total. The Bertz CT molecular complexity index is 647. The minimum Gasteiger partial charge on any atom is -0.480 e. The molecule has 3 unspecified atom stereocenters. The van der Waals surface area contributed by atoms with Gasteiger partial charge < -0.3 is 38.3 Å². The number of carboxylic acid groups (broad SMARTS) is 1. The van der Waals surface area contributed by atoms with Crippen LogP contribution in [0.5, 0.6) is 0 Å². The minimum atomic E-state index is -1.14. The number of hydrogen-bond acceptors (Lipinski definition) is 8. The fourth-order valence-electron chi connectivity index (χ4n) is 2.57. The average molecular weight is 494 g/mol. The van der Waals surface area contributed by atoms with Crippen LogP contribution in [-0.2, 0) is 19.2 Å². The van der Waals surface area contributed by atoms with Gasteiger partial charge in [-0.05, 0) is 49.7 Å². The normalized spacial score (nSPS) is 13.3. The second kappa shape index (κ2) is 17.4. The van der Waals surface area contributed by atoms with Crippen LogP contribution in [0, 0.1) is 0 Å². The molecule has 0 fully saturated rings. The molecule has 0 spiro atoms. The molecule has 3 amide bonds. The molecule has 0 aromatic carbocycles. The maximum absolute atomic E-state index is 12.8. The van der Waals surface area contributed by atoms with E-state index < -0.39 is 41.8 Å². The van der Waals surface area contributed by atoms with Crippen molar-refractivity contribution < 1.29 is 24.3 Å². The molecule has 0 aromatic rings. The van der Waals surface area contributed by atoms with Gasteiger partial charge in [0.2, 0.25) is 17.7 Å². The summed E-state index contributed by atoms with van der Waals surface area (Å²) in [5.41, 5.74) is 15.9. The van der Waals surface area contributed by atoms with E-state index in [0.717, 1.165) is 0 Å². The highest BCUT2D eigenvalue weighted by Crippen LogP contribution is 2.07. The van der Waals surface area contributed by atoms with E-state index in [4.69, 9.17) is 17.2 Å². The third-order valence-corrected chi connectivity index (χ3v) is 5.54. The number of rotatable bonds is 17. The van der Waals surface area contributed by atoms with Gasteiger partial charge in [0.05, 0.1) is 6.54 Å². The zero-order valence-electron chi connectivity index (χ0n) is 18.5. The van der Waals surface area contributed by atoms with Crippen molar-refractivity contribution in [2.75, 3.05) is 37.1 Å². The summed E-state index contributed by atoms with van der Waals surface area (Å²) in [4.78, 5) is 52.6. The zero-order chi connectivity index (χ0) is 24.5. The molecule has 14 heteroatoms. The molecule has 0 saturated heterocycles. The van der Waals surface area contributed by atoms with Crippen molar-refractivity contribution >= 4 is 53.2 Å². The standard InChI is InChI=1S/C18H35N7O5S2/c1-31-8-5-12(16(28)25-13(17(29)30)6-9-32-2)24-15(27)11(23-14(26)10-19)4-3-7-22-18(20)21/h11-13H,3-10,19H2,1-2H3,(H,23,26)(H,24,27)(H,25,28)(H,29,30)(H4,20,21,22). The summed E-state index contributed by atoms with van der Waals surface area (Å²) in [6.07, 6.45) is 4.86. The predicted molar refractivity (Wildman–Crippen MR) is 128 cm³/mol. The van der Waals surface area contributed by atoms with Gasteiger partial charge in [0.15, 0.2) is 5.96 Å². The van der Waals surface area contributed by atoms with Crippen molar-refractivity contribution in [1.82, 2.24) is 16.0 Å².